The number of amides is 1. The van der Waals surface area contributed by atoms with E-state index in [1.807, 2.05) is 22.6 Å². The number of halogens is 3. The molecule has 0 atom stereocenters. The van der Waals surface area contributed by atoms with Crippen LogP contribution in [0.5, 0.6) is 5.75 Å². The molecule has 1 aromatic carbocycles. The van der Waals surface area contributed by atoms with Crippen LogP contribution in [0.15, 0.2) is 23.4 Å². The van der Waals surface area contributed by atoms with Crippen molar-refractivity contribution in [2.24, 2.45) is 12.1 Å². The number of methoxy groups -OCH3 is 1. The molecule has 1 amide bonds. The highest BCUT2D eigenvalue weighted by molar-refractivity contribution is 14.1. The summed E-state index contributed by atoms with van der Waals surface area (Å²) in [5, 5.41) is 8.74. The monoisotopic (exact) mass is 452 g/mol. The fourth-order valence-corrected chi connectivity index (χ4v) is 3.06. The van der Waals surface area contributed by atoms with Crippen LogP contribution in [0.4, 0.5) is 0 Å². The average Bonchev–Trinajstić information content (AvgIpc) is 2.77. The minimum absolute atomic E-state index is 0.302. The molecule has 0 saturated heterocycles. The lowest BCUT2D eigenvalue weighted by Gasteiger charge is -2.07. The van der Waals surface area contributed by atoms with E-state index < -0.39 is 5.91 Å². The van der Waals surface area contributed by atoms with E-state index >= 15 is 0 Å². The summed E-state index contributed by atoms with van der Waals surface area (Å²) in [6.45, 7) is 0. The molecule has 1 heterocycles. The van der Waals surface area contributed by atoms with Gasteiger partial charge >= 0.3 is 0 Å². The summed E-state index contributed by atoms with van der Waals surface area (Å²) in [4.78, 5) is 12.0. The van der Waals surface area contributed by atoms with Crippen molar-refractivity contribution in [1.29, 1.82) is 0 Å². The molecule has 0 saturated carbocycles. The van der Waals surface area contributed by atoms with Gasteiger partial charge in [0.2, 0.25) is 0 Å². The van der Waals surface area contributed by atoms with E-state index in [4.69, 9.17) is 27.9 Å². The molecular weight excluding hydrogens is 442 g/mol. The highest BCUT2D eigenvalue weighted by Crippen LogP contribution is 2.31. The number of aromatic nitrogens is 2. The van der Waals surface area contributed by atoms with Crippen LogP contribution < -0.4 is 10.2 Å². The number of hydrazone groups is 1. The second-order valence-electron chi connectivity index (χ2n) is 4.21. The Balaban J connectivity index is 2.16. The number of aryl methyl sites for hydroxylation is 1. The Bertz CT molecular complexity index is 746. The van der Waals surface area contributed by atoms with Gasteiger partial charge in [0.25, 0.3) is 5.91 Å². The highest BCUT2D eigenvalue weighted by Gasteiger charge is 2.13. The Morgan fingerprint density at radius 3 is 2.82 bits per heavy atom. The van der Waals surface area contributed by atoms with Gasteiger partial charge in [-0.2, -0.15) is 10.2 Å². The second-order valence-corrected chi connectivity index (χ2v) is 6.21. The number of nitrogens with zero attached hydrogens (tertiary/aromatic N) is 3. The Kier molecular flexibility index (Phi) is 5.65. The molecule has 0 aliphatic rings. The highest BCUT2D eigenvalue weighted by atomic mass is 127. The lowest BCUT2D eigenvalue weighted by molar-refractivity contribution is 0.0948. The van der Waals surface area contributed by atoms with E-state index in [0.29, 0.717) is 27.1 Å². The fourth-order valence-electron chi connectivity index (χ4n) is 1.72. The maximum atomic E-state index is 12.0. The molecule has 0 bridgehead atoms. The van der Waals surface area contributed by atoms with E-state index in [1.54, 1.807) is 30.1 Å². The number of benzene rings is 1. The minimum atomic E-state index is -0.409. The van der Waals surface area contributed by atoms with Crippen LogP contribution in [0.1, 0.15) is 16.1 Å². The Morgan fingerprint density at radius 2 is 2.23 bits per heavy atom. The van der Waals surface area contributed by atoms with Gasteiger partial charge in [0, 0.05) is 23.8 Å². The summed E-state index contributed by atoms with van der Waals surface area (Å²) >= 11 is 14.0. The van der Waals surface area contributed by atoms with E-state index in [2.05, 4.69) is 15.6 Å². The van der Waals surface area contributed by atoms with Crippen LogP contribution in [-0.4, -0.2) is 29.0 Å². The zero-order valence-corrected chi connectivity index (χ0v) is 15.3. The zero-order valence-electron chi connectivity index (χ0n) is 11.6. The molecule has 0 aliphatic carbocycles. The molecule has 116 valence electrons. The summed E-state index contributed by atoms with van der Waals surface area (Å²) in [6.07, 6.45) is 3.14. The van der Waals surface area contributed by atoms with Crippen molar-refractivity contribution in [2.75, 3.05) is 7.11 Å². The van der Waals surface area contributed by atoms with Crippen LogP contribution >= 0.6 is 45.8 Å². The summed E-state index contributed by atoms with van der Waals surface area (Å²) in [5.41, 5.74) is 3.25. The largest absolute Gasteiger partial charge is 0.495 e. The molecule has 22 heavy (non-hydrogen) atoms. The smallest absolute Gasteiger partial charge is 0.292 e. The van der Waals surface area contributed by atoms with Gasteiger partial charge in [-0.15, -0.1) is 0 Å². The van der Waals surface area contributed by atoms with Gasteiger partial charge in [-0.1, -0.05) is 23.2 Å². The first-order valence-corrected chi connectivity index (χ1v) is 7.81. The van der Waals surface area contributed by atoms with E-state index in [-0.39, 0.29) is 0 Å². The first-order valence-electron chi connectivity index (χ1n) is 5.98. The quantitative estimate of drug-likeness (QED) is 0.440. The number of rotatable bonds is 4. The number of ether oxygens (including phenoxy) is 1. The Labute approximate surface area is 150 Å². The van der Waals surface area contributed by atoms with Gasteiger partial charge in [-0.25, -0.2) is 5.43 Å². The van der Waals surface area contributed by atoms with Gasteiger partial charge in [0.05, 0.1) is 21.9 Å². The van der Waals surface area contributed by atoms with E-state index in [1.165, 1.54) is 13.3 Å². The lowest BCUT2D eigenvalue weighted by Crippen LogP contribution is -2.19. The molecule has 0 aliphatic heterocycles. The van der Waals surface area contributed by atoms with Crippen LogP contribution in [-0.2, 0) is 7.05 Å². The molecule has 2 aromatic rings. The van der Waals surface area contributed by atoms with Crippen LogP contribution in [0, 0.1) is 3.57 Å². The first-order chi connectivity index (χ1) is 10.4. The van der Waals surface area contributed by atoms with Gasteiger partial charge in [-0.05, 0) is 34.7 Å². The number of hydrogen-bond donors (Lipinski definition) is 1. The molecular formula is C13H11Cl2IN4O2. The number of nitrogens with one attached hydrogen (secondary N) is 1. The van der Waals surface area contributed by atoms with Crippen molar-refractivity contribution in [3.63, 3.8) is 0 Å². The summed E-state index contributed by atoms with van der Waals surface area (Å²) in [6, 6.07) is 3.20. The molecule has 0 unspecified atom stereocenters. The third kappa shape index (κ3) is 3.90. The maximum Gasteiger partial charge on any atom is 0.292 e. The summed E-state index contributed by atoms with van der Waals surface area (Å²) in [7, 11) is 3.22. The van der Waals surface area contributed by atoms with Crippen molar-refractivity contribution in [3.8, 4) is 5.75 Å². The van der Waals surface area contributed by atoms with Gasteiger partial charge < -0.3 is 4.74 Å². The normalized spacial score (nSPS) is 11.0. The summed E-state index contributed by atoms with van der Waals surface area (Å²) in [5.74, 6) is 0.0184. The molecule has 2 rings (SSSR count). The third-order valence-electron chi connectivity index (χ3n) is 2.61. The second kappa shape index (κ2) is 7.30. The van der Waals surface area contributed by atoms with Crippen LogP contribution in [0.2, 0.25) is 10.0 Å². The average molecular weight is 453 g/mol. The maximum absolute atomic E-state index is 12.0. The summed E-state index contributed by atoms with van der Waals surface area (Å²) < 4.78 is 7.47. The fraction of sp³-hybridized carbons (Fsp3) is 0.154. The predicted molar refractivity (Wildman–Crippen MR) is 94.0 cm³/mol. The SMILES string of the molecule is COc1c(Cl)cc(Cl)cc1/C=N/NC(=O)c1nn(C)cc1I. The number of carbonyl (C=O) groups excluding carboxylic acids is 1. The number of hydrogen-bond acceptors (Lipinski definition) is 4. The standard InChI is InChI=1S/C13H11Cl2IN4O2/c1-20-6-10(16)11(19-20)13(21)18-17-5-7-3-8(14)4-9(15)12(7)22-2/h3-6H,1-2H3,(H,18,21)/b17-5+. The van der Waals surface area contributed by atoms with Gasteiger partial charge in [0.1, 0.15) is 5.75 Å². The molecule has 1 N–H and O–H groups in total. The van der Waals surface area contributed by atoms with Crippen molar-refractivity contribution < 1.29 is 9.53 Å². The minimum Gasteiger partial charge on any atom is -0.495 e. The third-order valence-corrected chi connectivity index (χ3v) is 3.90. The topological polar surface area (TPSA) is 68.5 Å². The van der Waals surface area contributed by atoms with Crippen LogP contribution in [0.3, 0.4) is 0 Å². The van der Waals surface area contributed by atoms with Gasteiger partial charge in [0.15, 0.2) is 5.69 Å². The molecule has 1 aromatic heterocycles. The molecule has 0 fully saturated rings. The van der Waals surface area contributed by atoms with Crippen molar-refractivity contribution in [1.82, 2.24) is 15.2 Å². The molecule has 6 nitrogen and oxygen atoms in total. The Hall–Kier alpha value is -1.32. The van der Waals surface area contributed by atoms with E-state index in [9.17, 15) is 4.79 Å². The van der Waals surface area contributed by atoms with Crippen LogP contribution in [0.25, 0.3) is 0 Å². The predicted octanol–water partition coefficient (Wildman–Crippen LogP) is 3.10. The first kappa shape index (κ1) is 17.0. The van der Waals surface area contributed by atoms with Crippen molar-refractivity contribution in [2.45, 2.75) is 0 Å². The van der Waals surface area contributed by atoms with E-state index in [0.717, 1.165) is 3.57 Å². The number of carbonyl (C=O) groups is 1. The van der Waals surface area contributed by atoms with Crippen molar-refractivity contribution in [3.05, 3.63) is 43.2 Å². The zero-order chi connectivity index (χ0) is 16.3. The van der Waals surface area contributed by atoms with Crippen molar-refractivity contribution >= 4 is 57.9 Å². The molecule has 9 heteroatoms. The molecule has 0 radical (unpaired) electrons. The van der Waals surface area contributed by atoms with Gasteiger partial charge in [-0.3, -0.25) is 9.48 Å². The lowest BCUT2D eigenvalue weighted by atomic mass is 10.2. The Morgan fingerprint density at radius 1 is 1.50 bits per heavy atom. The molecule has 0 spiro atoms.